The van der Waals surface area contributed by atoms with Gasteiger partial charge in [-0.3, -0.25) is 4.79 Å². The number of ether oxygens (including phenoxy) is 2. The van der Waals surface area contributed by atoms with Crippen molar-refractivity contribution >= 4 is 11.6 Å². The summed E-state index contributed by atoms with van der Waals surface area (Å²) in [4.78, 5) is 11.4. The molecular formula is C13H20N2O3. The maximum atomic E-state index is 11.4. The Morgan fingerprint density at radius 2 is 2.11 bits per heavy atom. The highest BCUT2D eigenvalue weighted by atomic mass is 16.5. The number of anilines is 1. The molecule has 0 aliphatic carbocycles. The summed E-state index contributed by atoms with van der Waals surface area (Å²) in [6.45, 7) is 3.95. The number of hydrogen-bond donors (Lipinski definition) is 2. The van der Waals surface area contributed by atoms with E-state index in [4.69, 9.17) is 15.2 Å². The Morgan fingerprint density at radius 3 is 2.83 bits per heavy atom. The van der Waals surface area contributed by atoms with Crippen LogP contribution in [0.2, 0.25) is 0 Å². The van der Waals surface area contributed by atoms with Crippen molar-refractivity contribution in [2.75, 3.05) is 32.1 Å². The Bertz CT molecular complexity index is 369. The molecule has 100 valence electrons. The van der Waals surface area contributed by atoms with Crippen LogP contribution in [0.5, 0.6) is 5.75 Å². The zero-order chi connectivity index (χ0) is 13.2. The van der Waals surface area contributed by atoms with Crippen molar-refractivity contribution in [1.29, 1.82) is 0 Å². The monoisotopic (exact) mass is 252 g/mol. The number of amides is 1. The number of carbonyl (C=O) groups is 1. The number of hydrogen-bond acceptors (Lipinski definition) is 4. The number of nitrogen functional groups attached to an aromatic ring is 1. The molecule has 0 unspecified atom stereocenters. The Morgan fingerprint density at radius 1 is 1.33 bits per heavy atom. The van der Waals surface area contributed by atoms with E-state index in [1.165, 1.54) is 0 Å². The molecule has 0 aromatic heterocycles. The quantitative estimate of drug-likeness (QED) is 0.538. The average molecular weight is 252 g/mol. The molecule has 0 saturated carbocycles. The van der Waals surface area contributed by atoms with E-state index in [9.17, 15) is 4.79 Å². The zero-order valence-electron chi connectivity index (χ0n) is 10.6. The first-order valence-corrected chi connectivity index (χ1v) is 6.05. The normalized spacial score (nSPS) is 10.1. The molecule has 0 aliphatic rings. The molecule has 5 nitrogen and oxygen atoms in total. The largest absolute Gasteiger partial charge is 0.491 e. The standard InChI is InChI=1S/C13H20N2O3/c1-2-17-10-8-15-13(16)7-9-18-12-6-4-3-5-11(12)14/h3-6H,2,7-10,14H2,1H3,(H,15,16). The van der Waals surface area contributed by atoms with Crippen LogP contribution in [0.25, 0.3) is 0 Å². The molecule has 0 bridgehead atoms. The lowest BCUT2D eigenvalue weighted by Gasteiger charge is -2.08. The highest BCUT2D eigenvalue weighted by molar-refractivity contribution is 5.76. The maximum Gasteiger partial charge on any atom is 0.223 e. The van der Waals surface area contributed by atoms with E-state index in [0.29, 0.717) is 44.2 Å². The SMILES string of the molecule is CCOCCNC(=O)CCOc1ccccc1N. The second kappa shape index (κ2) is 8.36. The fourth-order valence-electron chi connectivity index (χ4n) is 1.36. The van der Waals surface area contributed by atoms with Gasteiger partial charge in [0.1, 0.15) is 5.75 Å². The van der Waals surface area contributed by atoms with Crippen molar-refractivity contribution in [2.45, 2.75) is 13.3 Å². The Kier molecular flexibility index (Phi) is 6.64. The summed E-state index contributed by atoms with van der Waals surface area (Å²) in [5, 5.41) is 2.74. The Labute approximate surface area is 107 Å². The minimum absolute atomic E-state index is 0.0517. The van der Waals surface area contributed by atoms with Gasteiger partial charge in [-0.1, -0.05) is 12.1 Å². The van der Waals surface area contributed by atoms with Crippen LogP contribution < -0.4 is 15.8 Å². The maximum absolute atomic E-state index is 11.4. The molecule has 1 aromatic carbocycles. The second-order valence-corrected chi connectivity index (χ2v) is 3.68. The van der Waals surface area contributed by atoms with E-state index in [1.807, 2.05) is 19.1 Å². The highest BCUT2D eigenvalue weighted by Crippen LogP contribution is 2.19. The topological polar surface area (TPSA) is 73.6 Å². The van der Waals surface area contributed by atoms with Crippen molar-refractivity contribution in [3.8, 4) is 5.75 Å². The highest BCUT2D eigenvalue weighted by Gasteiger charge is 2.02. The van der Waals surface area contributed by atoms with E-state index < -0.39 is 0 Å². The molecule has 0 aliphatic heterocycles. The van der Waals surface area contributed by atoms with E-state index in [-0.39, 0.29) is 5.91 Å². The van der Waals surface area contributed by atoms with Crippen LogP contribution in [0, 0.1) is 0 Å². The summed E-state index contributed by atoms with van der Waals surface area (Å²) in [6, 6.07) is 7.22. The summed E-state index contributed by atoms with van der Waals surface area (Å²) < 4.78 is 10.5. The Hall–Kier alpha value is -1.75. The van der Waals surface area contributed by atoms with Gasteiger partial charge >= 0.3 is 0 Å². The number of benzene rings is 1. The van der Waals surface area contributed by atoms with Crippen molar-refractivity contribution < 1.29 is 14.3 Å². The van der Waals surface area contributed by atoms with Crippen LogP contribution in [0.15, 0.2) is 24.3 Å². The summed E-state index contributed by atoms with van der Waals surface area (Å²) in [5.41, 5.74) is 6.29. The van der Waals surface area contributed by atoms with Gasteiger partial charge in [-0.15, -0.1) is 0 Å². The third-order valence-electron chi connectivity index (χ3n) is 2.28. The van der Waals surface area contributed by atoms with Crippen LogP contribution in [0.1, 0.15) is 13.3 Å². The van der Waals surface area contributed by atoms with Gasteiger partial charge in [-0.05, 0) is 19.1 Å². The molecular weight excluding hydrogens is 232 g/mol. The Balaban J connectivity index is 2.14. The first-order chi connectivity index (χ1) is 8.74. The van der Waals surface area contributed by atoms with E-state index in [1.54, 1.807) is 12.1 Å². The molecule has 5 heteroatoms. The van der Waals surface area contributed by atoms with Gasteiger partial charge in [0.15, 0.2) is 0 Å². The second-order valence-electron chi connectivity index (χ2n) is 3.68. The lowest BCUT2D eigenvalue weighted by Crippen LogP contribution is -2.28. The molecule has 0 atom stereocenters. The number of nitrogens with one attached hydrogen (secondary N) is 1. The van der Waals surface area contributed by atoms with Crippen molar-refractivity contribution in [1.82, 2.24) is 5.32 Å². The van der Waals surface area contributed by atoms with Crippen LogP contribution in [0.3, 0.4) is 0 Å². The van der Waals surface area contributed by atoms with Gasteiger partial charge in [0, 0.05) is 13.2 Å². The fraction of sp³-hybridized carbons (Fsp3) is 0.462. The third kappa shape index (κ3) is 5.54. The third-order valence-corrected chi connectivity index (χ3v) is 2.28. The fourth-order valence-corrected chi connectivity index (χ4v) is 1.36. The number of para-hydroxylation sites is 2. The van der Waals surface area contributed by atoms with Crippen LogP contribution in [-0.4, -0.2) is 32.3 Å². The number of carbonyl (C=O) groups excluding carboxylic acids is 1. The summed E-state index contributed by atoms with van der Waals surface area (Å²) in [5.74, 6) is 0.559. The van der Waals surface area contributed by atoms with Gasteiger partial charge in [0.2, 0.25) is 5.91 Å². The van der Waals surface area contributed by atoms with Crippen LogP contribution in [-0.2, 0) is 9.53 Å². The first-order valence-electron chi connectivity index (χ1n) is 6.05. The minimum Gasteiger partial charge on any atom is -0.491 e. The van der Waals surface area contributed by atoms with Gasteiger partial charge in [0.05, 0.1) is 25.3 Å². The predicted molar refractivity (Wildman–Crippen MR) is 70.5 cm³/mol. The number of nitrogens with two attached hydrogens (primary N) is 1. The lowest BCUT2D eigenvalue weighted by atomic mass is 10.3. The summed E-state index contributed by atoms with van der Waals surface area (Å²) >= 11 is 0. The van der Waals surface area contributed by atoms with Gasteiger partial charge in [-0.2, -0.15) is 0 Å². The van der Waals surface area contributed by atoms with Gasteiger partial charge in [-0.25, -0.2) is 0 Å². The molecule has 1 amide bonds. The molecule has 0 heterocycles. The molecule has 0 spiro atoms. The molecule has 3 N–H and O–H groups in total. The average Bonchev–Trinajstić information content (AvgIpc) is 2.37. The minimum atomic E-state index is -0.0517. The van der Waals surface area contributed by atoms with Crippen molar-refractivity contribution in [3.05, 3.63) is 24.3 Å². The summed E-state index contributed by atoms with van der Waals surface area (Å²) in [6.07, 6.45) is 0.306. The van der Waals surface area contributed by atoms with E-state index >= 15 is 0 Å². The first kappa shape index (κ1) is 14.3. The molecule has 0 fully saturated rings. The lowest BCUT2D eigenvalue weighted by molar-refractivity contribution is -0.121. The summed E-state index contributed by atoms with van der Waals surface area (Å²) in [7, 11) is 0. The van der Waals surface area contributed by atoms with Crippen molar-refractivity contribution in [3.63, 3.8) is 0 Å². The van der Waals surface area contributed by atoms with Crippen LogP contribution >= 0.6 is 0 Å². The predicted octanol–water partition coefficient (Wildman–Crippen LogP) is 1.19. The van der Waals surface area contributed by atoms with Gasteiger partial charge < -0.3 is 20.5 Å². The molecule has 1 aromatic rings. The molecule has 0 radical (unpaired) electrons. The smallest absolute Gasteiger partial charge is 0.223 e. The molecule has 0 saturated heterocycles. The van der Waals surface area contributed by atoms with Crippen molar-refractivity contribution in [2.24, 2.45) is 0 Å². The molecule has 18 heavy (non-hydrogen) atoms. The zero-order valence-corrected chi connectivity index (χ0v) is 10.6. The number of rotatable bonds is 8. The van der Waals surface area contributed by atoms with E-state index in [2.05, 4.69) is 5.32 Å². The molecule has 1 rings (SSSR count). The van der Waals surface area contributed by atoms with Crippen LogP contribution in [0.4, 0.5) is 5.69 Å². The van der Waals surface area contributed by atoms with Gasteiger partial charge in [0.25, 0.3) is 0 Å². The van der Waals surface area contributed by atoms with E-state index in [0.717, 1.165) is 0 Å².